The fraction of sp³-hybridized carbons (Fsp3) is 0.500. The third-order valence-electron chi connectivity index (χ3n) is 4.84. The molecule has 1 aromatic carbocycles. The van der Waals surface area contributed by atoms with Crippen molar-refractivity contribution in [3.8, 4) is 5.75 Å². The fourth-order valence-corrected chi connectivity index (χ4v) is 4.05. The smallest absolute Gasteiger partial charge is 0.251 e. The summed E-state index contributed by atoms with van der Waals surface area (Å²) in [6.07, 6.45) is 0. The van der Waals surface area contributed by atoms with Gasteiger partial charge in [-0.25, -0.2) is 0 Å². The van der Waals surface area contributed by atoms with E-state index in [1.54, 1.807) is 31.4 Å². The highest BCUT2D eigenvalue weighted by Gasteiger charge is 2.22. The number of hydrogen-bond acceptors (Lipinski definition) is 7. The number of nitrogens with one attached hydrogen (secondary N) is 1. The van der Waals surface area contributed by atoms with E-state index in [0.29, 0.717) is 60.9 Å². The van der Waals surface area contributed by atoms with Gasteiger partial charge in [0.25, 0.3) is 5.91 Å². The molecule has 1 aromatic heterocycles. The molecule has 1 aliphatic heterocycles. The topological polar surface area (TPSA) is 98.6 Å². The van der Waals surface area contributed by atoms with Gasteiger partial charge in [-0.15, -0.1) is 10.2 Å². The Bertz CT molecular complexity index is 865. The Morgan fingerprint density at radius 1 is 1.23 bits per heavy atom. The van der Waals surface area contributed by atoms with Crippen LogP contribution in [-0.2, 0) is 16.1 Å². The standard InChI is InChI=1S/C20H27N5O4S/c1-4-25-18(14(2)21-19(27)15-5-7-16(28-3)8-6-15)22-23-20(25)30-13-17(26)24-9-11-29-12-10-24/h5-8,14H,4,9-13H2,1-3H3,(H,21,27). The number of morpholine rings is 1. The number of carbonyl (C=O) groups excluding carboxylic acids is 2. The highest BCUT2D eigenvalue weighted by Crippen LogP contribution is 2.21. The Labute approximate surface area is 180 Å². The number of ether oxygens (including phenoxy) is 2. The lowest BCUT2D eigenvalue weighted by molar-refractivity contribution is -0.132. The average Bonchev–Trinajstić information content (AvgIpc) is 3.21. The summed E-state index contributed by atoms with van der Waals surface area (Å²) in [5.41, 5.74) is 0.538. The Balaban J connectivity index is 1.61. The summed E-state index contributed by atoms with van der Waals surface area (Å²) in [5.74, 6) is 1.51. The van der Waals surface area contributed by atoms with Crippen LogP contribution in [0.4, 0.5) is 0 Å². The summed E-state index contributed by atoms with van der Waals surface area (Å²) < 4.78 is 12.3. The summed E-state index contributed by atoms with van der Waals surface area (Å²) in [7, 11) is 1.58. The van der Waals surface area contributed by atoms with E-state index >= 15 is 0 Å². The van der Waals surface area contributed by atoms with Gasteiger partial charge in [0.05, 0.1) is 32.1 Å². The molecule has 1 aliphatic rings. The van der Waals surface area contributed by atoms with Gasteiger partial charge in [-0.1, -0.05) is 11.8 Å². The molecule has 2 amide bonds. The van der Waals surface area contributed by atoms with Crippen LogP contribution in [0.2, 0.25) is 0 Å². The van der Waals surface area contributed by atoms with E-state index in [9.17, 15) is 9.59 Å². The van der Waals surface area contributed by atoms with Crippen molar-refractivity contribution >= 4 is 23.6 Å². The van der Waals surface area contributed by atoms with Crippen LogP contribution in [-0.4, -0.2) is 70.6 Å². The van der Waals surface area contributed by atoms with E-state index in [-0.39, 0.29) is 17.9 Å². The maximum atomic E-state index is 12.5. The van der Waals surface area contributed by atoms with Crippen molar-refractivity contribution in [3.63, 3.8) is 0 Å². The summed E-state index contributed by atoms with van der Waals surface area (Å²) in [6.45, 7) is 6.90. The van der Waals surface area contributed by atoms with Crippen LogP contribution >= 0.6 is 11.8 Å². The highest BCUT2D eigenvalue weighted by atomic mass is 32.2. The number of thioether (sulfide) groups is 1. The first-order valence-electron chi connectivity index (χ1n) is 9.89. The maximum Gasteiger partial charge on any atom is 0.251 e. The number of hydrogen-bond donors (Lipinski definition) is 1. The van der Waals surface area contributed by atoms with Gasteiger partial charge >= 0.3 is 0 Å². The lowest BCUT2D eigenvalue weighted by Crippen LogP contribution is -2.41. The molecule has 162 valence electrons. The summed E-state index contributed by atoms with van der Waals surface area (Å²) >= 11 is 1.36. The zero-order chi connectivity index (χ0) is 21.5. The highest BCUT2D eigenvalue weighted by molar-refractivity contribution is 7.99. The molecule has 9 nitrogen and oxygen atoms in total. The fourth-order valence-electron chi connectivity index (χ4n) is 3.14. The van der Waals surface area contributed by atoms with Crippen LogP contribution in [0.1, 0.15) is 36.1 Å². The van der Waals surface area contributed by atoms with Crippen molar-refractivity contribution in [2.24, 2.45) is 0 Å². The molecule has 1 saturated heterocycles. The van der Waals surface area contributed by atoms with Crippen LogP contribution < -0.4 is 10.1 Å². The van der Waals surface area contributed by atoms with Gasteiger partial charge < -0.3 is 24.3 Å². The Hall–Kier alpha value is -2.59. The van der Waals surface area contributed by atoms with E-state index in [2.05, 4.69) is 15.5 Å². The maximum absolute atomic E-state index is 12.5. The van der Waals surface area contributed by atoms with Gasteiger partial charge in [-0.05, 0) is 38.1 Å². The van der Waals surface area contributed by atoms with Gasteiger partial charge in [0.2, 0.25) is 5.91 Å². The molecular weight excluding hydrogens is 406 g/mol. The second kappa shape index (κ2) is 10.4. The second-order valence-corrected chi connectivity index (χ2v) is 7.73. The third kappa shape index (κ3) is 5.31. The number of benzene rings is 1. The lowest BCUT2D eigenvalue weighted by atomic mass is 10.2. The first kappa shape index (κ1) is 22.1. The lowest BCUT2D eigenvalue weighted by Gasteiger charge is -2.26. The zero-order valence-electron chi connectivity index (χ0n) is 17.5. The van der Waals surface area contributed by atoms with Crippen LogP contribution in [0, 0.1) is 0 Å². The minimum atomic E-state index is -0.337. The van der Waals surface area contributed by atoms with Crippen molar-refractivity contribution in [3.05, 3.63) is 35.7 Å². The Morgan fingerprint density at radius 3 is 2.57 bits per heavy atom. The first-order chi connectivity index (χ1) is 14.5. The van der Waals surface area contributed by atoms with Crippen molar-refractivity contribution in [1.82, 2.24) is 25.0 Å². The van der Waals surface area contributed by atoms with Crippen LogP contribution in [0.3, 0.4) is 0 Å². The van der Waals surface area contributed by atoms with Gasteiger partial charge in [0.1, 0.15) is 5.75 Å². The van der Waals surface area contributed by atoms with E-state index in [4.69, 9.17) is 9.47 Å². The molecule has 1 atom stereocenters. The van der Waals surface area contributed by atoms with Crippen molar-refractivity contribution < 1.29 is 19.1 Å². The van der Waals surface area contributed by atoms with Crippen LogP contribution in [0.15, 0.2) is 29.4 Å². The number of methoxy groups -OCH3 is 1. The molecule has 0 aliphatic carbocycles. The minimum absolute atomic E-state index is 0.0661. The molecule has 3 rings (SSSR count). The monoisotopic (exact) mass is 433 g/mol. The van der Waals surface area contributed by atoms with Gasteiger partial charge in [-0.2, -0.15) is 0 Å². The summed E-state index contributed by atoms with van der Waals surface area (Å²) in [6, 6.07) is 6.58. The second-order valence-electron chi connectivity index (χ2n) is 6.79. The molecule has 1 N–H and O–H groups in total. The number of nitrogens with zero attached hydrogens (tertiary/aromatic N) is 4. The Morgan fingerprint density at radius 2 is 1.93 bits per heavy atom. The largest absolute Gasteiger partial charge is 0.497 e. The molecule has 0 bridgehead atoms. The number of aromatic nitrogens is 3. The van der Waals surface area contributed by atoms with Crippen LogP contribution in [0.5, 0.6) is 5.75 Å². The number of rotatable bonds is 8. The van der Waals surface area contributed by atoms with Gasteiger partial charge in [0, 0.05) is 25.2 Å². The van der Waals surface area contributed by atoms with Gasteiger partial charge in [-0.3, -0.25) is 9.59 Å². The molecular formula is C20H27N5O4S. The molecule has 30 heavy (non-hydrogen) atoms. The van der Waals surface area contributed by atoms with E-state index in [1.807, 2.05) is 23.3 Å². The van der Waals surface area contributed by atoms with Crippen molar-refractivity contribution in [2.45, 2.75) is 31.6 Å². The molecule has 0 radical (unpaired) electrons. The Kier molecular flexibility index (Phi) is 7.69. The van der Waals surface area contributed by atoms with E-state index in [1.165, 1.54) is 11.8 Å². The zero-order valence-corrected chi connectivity index (χ0v) is 18.3. The summed E-state index contributed by atoms with van der Waals surface area (Å²) in [4.78, 5) is 26.7. The van der Waals surface area contributed by atoms with Gasteiger partial charge in [0.15, 0.2) is 11.0 Å². The van der Waals surface area contributed by atoms with E-state index < -0.39 is 0 Å². The first-order valence-corrected chi connectivity index (χ1v) is 10.9. The third-order valence-corrected chi connectivity index (χ3v) is 5.79. The number of carbonyl (C=O) groups is 2. The SMILES string of the molecule is CCn1c(SCC(=O)N2CCOCC2)nnc1C(C)NC(=O)c1ccc(OC)cc1. The quantitative estimate of drug-likeness (QED) is 0.633. The average molecular weight is 434 g/mol. The predicted octanol–water partition coefficient (Wildman–Crippen LogP) is 1.75. The molecule has 1 fully saturated rings. The molecule has 10 heteroatoms. The summed E-state index contributed by atoms with van der Waals surface area (Å²) in [5, 5.41) is 12.1. The molecule has 2 aromatic rings. The molecule has 0 saturated carbocycles. The minimum Gasteiger partial charge on any atom is -0.497 e. The van der Waals surface area contributed by atoms with Crippen molar-refractivity contribution in [1.29, 1.82) is 0 Å². The number of amides is 2. The predicted molar refractivity (Wildman–Crippen MR) is 113 cm³/mol. The van der Waals surface area contributed by atoms with E-state index in [0.717, 1.165) is 0 Å². The molecule has 0 spiro atoms. The molecule has 1 unspecified atom stereocenters. The molecule has 2 heterocycles. The van der Waals surface area contributed by atoms with Crippen molar-refractivity contribution in [2.75, 3.05) is 39.2 Å². The normalized spacial score (nSPS) is 15.0. The van der Waals surface area contributed by atoms with Crippen LogP contribution in [0.25, 0.3) is 0 Å².